The van der Waals surface area contributed by atoms with Crippen LogP contribution in [0.1, 0.15) is 30.9 Å². The second kappa shape index (κ2) is 3.13. The Morgan fingerprint density at radius 1 is 1.55 bits per heavy atom. The second-order valence-corrected chi connectivity index (χ2v) is 2.77. The summed E-state index contributed by atoms with van der Waals surface area (Å²) in [5.74, 6) is 1.45. The smallest absolute Gasteiger partial charge is 0.162 e. The zero-order chi connectivity index (χ0) is 6.97. The highest BCUT2D eigenvalue weighted by Crippen LogP contribution is 2.38. The van der Waals surface area contributed by atoms with E-state index in [0.717, 1.165) is 5.76 Å². The Balaban J connectivity index is 0.000000605. The van der Waals surface area contributed by atoms with Crippen LogP contribution in [0.2, 0.25) is 0 Å². The van der Waals surface area contributed by atoms with Crippen molar-refractivity contribution in [2.24, 2.45) is 0 Å². The van der Waals surface area contributed by atoms with Gasteiger partial charge in [0, 0.05) is 5.92 Å². The lowest BCUT2D eigenvalue weighted by atomic mass is 9.83. The average Bonchev–Trinajstić information content (AvgIpc) is 2.12. The van der Waals surface area contributed by atoms with Crippen LogP contribution >= 0.6 is 12.4 Å². The maximum atomic E-state index is 5.59. The lowest BCUT2D eigenvalue weighted by Gasteiger charge is -2.22. The highest BCUT2D eigenvalue weighted by Gasteiger charge is 2.24. The van der Waals surface area contributed by atoms with Crippen molar-refractivity contribution < 1.29 is 4.52 Å². The molecule has 2 N–H and O–H groups in total. The molecule has 1 fully saturated rings. The fourth-order valence-electron chi connectivity index (χ4n) is 1.24. The van der Waals surface area contributed by atoms with Gasteiger partial charge in [-0.2, -0.15) is 0 Å². The van der Waals surface area contributed by atoms with Gasteiger partial charge in [0.1, 0.15) is 0 Å². The third-order valence-corrected chi connectivity index (χ3v) is 2.10. The highest BCUT2D eigenvalue weighted by atomic mass is 35.5. The first-order valence-corrected chi connectivity index (χ1v) is 3.58. The van der Waals surface area contributed by atoms with Crippen molar-refractivity contribution in [1.82, 2.24) is 5.16 Å². The first-order chi connectivity index (χ1) is 4.88. The number of nitrogens with zero attached hydrogens (tertiary/aromatic N) is 1. The van der Waals surface area contributed by atoms with E-state index in [0.29, 0.717) is 11.6 Å². The molecule has 11 heavy (non-hydrogen) atoms. The highest BCUT2D eigenvalue weighted by molar-refractivity contribution is 5.85. The molecule has 1 aromatic rings. The fourth-order valence-corrected chi connectivity index (χ4v) is 1.24. The van der Waals surface area contributed by atoms with Crippen molar-refractivity contribution in [1.29, 1.82) is 0 Å². The van der Waals surface area contributed by atoms with Gasteiger partial charge in [0.05, 0.1) is 11.9 Å². The maximum Gasteiger partial charge on any atom is 0.162 e. The molecule has 2 rings (SSSR count). The molecule has 0 unspecified atom stereocenters. The van der Waals surface area contributed by atoms with Gasteiger partial charge in [0.25, 0.3) is 0 Å². The van der Waals surface area contributed by atoms with Crippen LogP contribution in [-0.2, 0) is 0 Å². The number of halogens is 1. The number of rotatable bonds is 1. The number of hydrogen-bond donors (Lipinski definition) is 1. The predicted octanol–water partition coefficient (Wildman–Crippen LogP) is 1.95. The molecule has 0 radical (unpaired) electrons. The van der Waals surface area contributed by atoms with Crippen LogP contribution < -0.4 is 5.73 Å². The first kappa shape index (κ1) is 8.40. The van der Waals surface area contributed by atoms with Crippen LogP contribution in [0.5, 0.6) is 0 Å². The predicted molar refractivity (Wildman–Crippen MR) is 44.8 cm³/mol. The van der Waals surface area contributed by atoms with E-state index in [4.69, 9.17) is 10.3 Å². The zero-order valence-electron chi connectivity index (χ0n) is 6.12. The van der Waals surface area contributed by atoms with E-state index in [1.165, 1.54) is 19.3 Å². The summed E-state index contributed by atoms with van der Waals surface area (Å²) < 4.78 is 4.99. The van der Waals surface area contributed by atoms with Gasteiger partial charge >= 0.3 is 0 Å². The molecule has 0 atom stereocenters. The van der Waals surface area contributed by atoms with Crippen LogP contribution in [0.4, 0.5) is 5.69 Å². The lowest BCUT2D eigenvalue weighted by molar-refractivity contribution is 0.301. The maximum absolute atomic E-state index is 5.59. The van der Waals surface area contributed by atoms with E-state index in [-0.39, 0.29) is 12.4 Å². The minimum absolute atomic E-state index is 0. The molecular formula is C7H11ClN2O. The fraction of sp³-hybridized carbons (Fsp3) is 0.571. The second-order valence-electron chi connectivity index (χ2n) is 2.77. The van der Waals surface area contributed by atoms with E-state index in [2.05, 4.69) is 5.16 Å². The Morgan fingerprint density at radius 3 is 2.64 bits per heavy atom. The van der Waals surface area contributed by atoms with Gasteiger partial charge in [0.2, 0.25) is 0 Å². The Labute approximate surface area is 71.3 Å². The van der Waals surface area contributed by atoms with Crippen molar-refractivity contribution in [2.45, 2.75) is 25.2 Å². The average molecular weight is 175 g/mol. The number of nitrogen functional groups attached to an aromatic ring is 1. The molecular weight excluding hydrogens is 164 g/mol. The van der Waals surface area contributed by atoms with Crippen molar-refractivity contribution in [3.8, 4) is 0 Å². The van der Waals surface area contributed by atoms with Crippen LogP contribution in [0.15, 0.2) is 10.7 Å². The molecule has 1 aliphatic rings. The SMILES string of the molecule is Cl.Nc1cnoc1C1CCC1. The molecule has 0 saturated heterocycles. The van der Waals surface area contributed by atoms with Crippen LogP contribution in [0.3, 0.4) is 0 Å². The number of hydrogen-bond acceptors (Lipinski definition) is 3. The van der Waals surface area contributed by atoms with Crippen molar-refractivity contribution in [3.63, 3.8) is 0 Å². The zero-order valence-corrected chi connectivity index (χ0v) is 6.93. The first-order valence-electron chi connectivity index (χ1n) is 3.58. The monoisotopic (exact) mass is 174 g/mol. The van der Waals surface area contributed by atoms with Gasteiger partial charge in [-0.15, -0.1) is 12.4 Å². The summed E-state index contributed by atoms with van der Waals surface area (Å²) in [6.07, 6.45) is 5.29. The van der Waals surface area contributed by atoms with Crippen LogP contribution in [0.25, 0.3) is 0 Å². The van der Waals surface area contributed by atoms with Gasteiger partial charge in [-0.1, -0.05) is 11.6 Å². The standard InChI is InChI=1S/C7H10N2O.ClH/c8-6-4-9-10-7(6)5-2-1-3-5;/h4-5H,1-3,8H2;1H. The molecule has 0 amide bonds. The molecule has 1 aromatic heterocycles. The molecule has 0 spiro atoms. The molecule has 1 heterocycles. The number of anilines is 1. The van der Waals surface area contributed by atoms with E-state index in [9.17, 15) is 0 Å². The summed E-state index contributed by atoms with van der Waals surface area (Å²) in [4.78, 5) is 0. The normalized spacial score (nSPS) is 17.1. The molecule has 1 aliphatic carbocycles. The Kier molecular flexibility index (Phi) is 2.39. The molecule has 1 saturated carbocycles. The minimum Gasteiger partial charge on any atom is -0.395 e. The summed E-state index contributed by atoms with van der Waals surface area (Å²) >= 11 is 0. The van der Waals surface area contributed by atoms with Crippen LogP contribution in [0, 0.1) is 0 Å². The third-order valence-electron chi connectivity index (χ3n) is 2.10. The number of aromatic nitrogens is 1. The minimum atomic E-state index is 0. The molecule has 0 bridgehead atoms. The largest absolute Gasteiger partial charge is 0.395 e. The van der Waals surface area contributed by atoms with E-state index < -0.39 is 0 Å². The Morgan fingerprint density at radius 2 is 2.27 bits per heavy atom. The molecule has 62 valence electrons. The van der Waals surface area contributed by atoms with E-state index >= 15 is 0 Å². The molecule has 3 nitrogen and oxygen atoms in total. The van der Waals surface area contributed by atoms with E-state index in [1.54, 1.807) is 6.20 Å². The summed E-state index contributed by atoms with van der Waals surface area (Å²) in [5.41, 5.74) is 6.31. The van der Waals surface area contributed by atoms with Gasteiger partial charge in [0.15, 0.2) is 5.76 Å². The van der Waals surface area contributed by atoms with Gasteiger partial charge in [-0.05, 0) is 12.8 Å². The van der Waals surface area contributed by atoms with Gasteiger partial charge in [-0.3, -0.25) is 0 Å². The summed E-state index contributed by atoms with van der Waals surface area (Å²) in [6, 6.07) is 0. The quantitative estimate of drug-likeness (QED) is 0.708. The van der Waals surface area contributed by atoms with Crippen LogP contribution in [-0.4, -0.2) is 5.16 Å². The Hall–Kier alpha value is -0.700. The Bertz CT molecular complexity index is 232. The summed E-state index contributed by atoms with van der Waals surface area (Å²) in [5, 5.41) is 3.62. The third kappa shape index (κ3) is 1.33. The summed E-state index contributed by atoms with van der Waals surface area (Å²) in [7, 11) is 0. The number of nitrogens with two attached hydrogens (primary N) is 1. The lowest BCUT2D eigenvalue weighted by Crippen LogP contribution is -2.09. The topological polar surface area (TPSA) is 52.0 Å². The van der Waals surface area contributed by atoms with E-state index in [1.807, 2.05) is 0 Å². The van der Waals surface area contributed by atoms with Gasteiger partial charge in [-0.25, -0.2) is 0 Å². The molecule has 4 heteroatoms. The van der Waals surface area contributed by atoms with Crippen molar-refractivity contribution >= 4 is 18.1 Å². The summed E-state index contributed by atoms with van der Waals surface area (Å²) in [6.45, 7) is 0. The van der Waals surface area contributed by atoms with Gasteiger partial charge < -0.3 is 10.3 Å². The molecule has 0 aliphatic heterocycles. The molecule has 0 aromatic carbocycles. The van der Waals surface area contributed by atoms with Crippen molar-refractivity contribution in [3.05, 3.63) is 12.0 Å². The van der Waals surface area contributed by atoms with Crippen molar-refractivity contribution in [2.75, 3.05) is 5.73 Å².